The molecule has 0 heterocycles. The Morgan fingerprint density at radius 2 is 1.88 bits per heavy atom. The van der Waals surface area contributed by atoms with Gasteiger partial charge in [-0.25, -0.2) is 4.99 Å². The first kappa shape index (κ1) is 21.7. The number of carbonyl (C=O) groups excluding carboxylic acids is 1. The summed E-state index contributed by atoms with van der Waals surface area (Å²) in [5.41, 5.74) is -0.232. The molecule has 1 amide bonds. The number of guanidine groups is 1. The smallest absolute Gasteiger partial charge is 0.242 e. The van der Waals surface area contributed by atoms with Gasteiger partial charge in [-0.3, -0.25) is 4.79 Å². The molecule has 0 aromatic heterocycles. The SMILES string of the molecule is CCNC(=NCC(=O)NC(C)(C)C)NCCC(OCC)C1CCCC1. The molecule has 146 valence electrons. The number of ether oxygens (including phenoxy) is 1. The van der Waals surface area contributed by atoms with Crippen LogP contribution in [-0.4, -0.2) is 49.8 Å². The highest BCUT2D eigenvalue weighted by molar-refractivity contribution is 5.85. The molecule has 1 aliphatic rings. The van der Waals surface area contributed by atoms with Crippen LogP contribution in [-0.2, 0) is 9.53 Å². The third-order valence-electron chi connectivity index (χ3n) is 4.27. The summed E-state index contributed by atoms with van der Waals surface area (Å²) in [7, 11) is 0. The molecule has 0 spiro atoms. The molecule has 1 aliphatic carbocycles. The van der Waals surface area contributed by atoms with Gasteiger partial charge in [-0.1, -0.05) is 12.8 Å². The molecule has 25 heavy (non-hydrogen) atoms. The Hall–Kier alpha value is -1.30. The fourth-order valence-electron chi connectivity index (χ4n) is 3.28. The summed E-state index contributed by atoms with van der Waals surface area (Å²) in [5.74, 6) is 1.31. The lowest BCUT2D eigenvalue weighted by Gasteiger charge is -2.24. The highest BCUT2D eigenvalue weighted by Crippen LogP contribution is 2.30. The number of amides is 1. The van der Waals surface area contributed by atoms with E-state index < -0.39 is 0 Å². The molecule has 1 fully saturated rings. The van der Waals surface area contributed by atoms with E-state index in [0.29, 0.717) is 18.0 Å². The van der Waals surface area contributed by atoms with Crippen molar-refractivity contribution in [1.82, 2.24) is 16.0 Å². The van der Waals surface area contributed by atoms with Crippen LogP contribution < -0.4 is 16.0 Å². The zero-order chi connectivity index (χ0) is 18.7. The van der Waals surface area contributed by atoms with Crippen LogP contribution in [0, 0.1) is 5.92 Å². The Bertz CT molecular complexity index is 412. The summed E-state index contributed by atoms with van der Waals surface area (Å²) in [4.78, 5) is 16.3. The average molecular weight is 355 g/mol. The van der Waals surface area contributed by atoms with Crippen LogP contribution >= 0.6 is 0 Å². The zero-order valence-corrected chi connectivity index (χ0v) is 16.8. The first-order valence-corrected chi connectivity index (χ1v) is 9.80. The molecule has 1 saturated carbocycles. The van der Waals surface area contributed by atoms with Gasteiger partial charge in [0.1, 0.15) is 6.54 Å². The van der Waals surface area contributed by atoms with E-state index in [1.54, 1.807) is 0 Å². The fraction of sp³-hybridized carbons (Fsp3) is 0.895. The summed E-state index contributed by atoms with van der Waals surface area (Å²) < 4.78 is 5.96. The van der Waals surface area contributed by atoms with E-state index in [9.17, 15) is 4.79 Å². The Morgan fingerprint density at radius 1 is 1.20 bits per heavy atom. The Kier molecular flexibility index (Phi) is 9.86. The molecular formula is C19H38N4O2. The van der Waals surface area contributed by atoms with E-state index in [1.165, 1.54) is 25.7 Å². The highest BCUT2D eigenvalue weighted by atomic mass is 16.5. The van der Waals surface area contributed by atoms with Crippen LogP contribution in [0.5, 0.6) is 0 Å². The van der Waals surface area contributed by atoms with E-state index >= 15 is 0 Å². The third kappa shape index (κ3) is 9.68. The largest absolute Gasteiger partial charge is 0.378 e. The topological polar surface area (TPSA) is 74.8 Å². The molecule has 0 aliphatic heterocycles. The van der Waals surface area contributed by atoms with Gasteiger partial charge in [0.15, 0.2) is 5.96 Å². The number of carbonyl (C=O) groups is 1. The van der Waals surface area contributed by atoms with Crippen LogP contribution in [0.25, 0.3) is 0 Å². The van der Waals surface area contributed by atoms with E-state index in [4.69, 9.17) is 4.74 Å². The van der Waals surface area contributed by atoms with Crippen molar-refractivity contribution in [2.24, 2.45) is 10.9 Å². The summed E-state index contributed by atoms with van der Waals surface area (Å²) in [6.07, 6.45) is 6.52. The van der Waals surface area contributed by atoms with Crippen LogP contribution in [0.4, 0.5) is 0 Å². The first-order valence-electron chi connectivity index (χ1n) is 9.80. The number of hydrogen-bond acceptors (Lipinski definition) is 3. The number of nitrogens with one attached hydrogen (secondary N) is 3. The standard InChI is InChI=1S/C19H38N4O2/c1-6-20-18(22-14-17(24)23-19(3,4)5)21-13-12-16(25-7-2)15-10-8-9-11-15/h15-16H,6-14H2,1-5H3,(H,23,24)(H2,20,21,22). The maximum atomic E-state index is 11.9. The average Bonchev–Trinajstić information content (AvgIpc) is 3.04. The van der Waals surface area contributed by atoms with Crippen LogP contribution in [0.2, 0.25) is 0 Å². The first-order chi connectivity index (χ1) is 11.9. The lowest BCUT2D eigenvalue weighted by atomic mass is 9.98. The van der Waals surface area contributed by atoms with Crippen LogP contribution in [0.15, 0.2) is 4.99 Å². The summed E-state index contributed by atoms with van der Waals surface area (Å²) in [6, 6.07) is 0. The quantitative estimate of drug-likeness (QED) is 0.439. The minimum atomic E-state index is -0.232. The number of hydrogen-bond donors (Lipinski definition) is 3. The van der Waals surface area contributed by atoms with Gasteiger partial charge in [-0.2, -0.15) is 0 Å². The molecule has 0 bridgehead atoms. The summed E-state index contributed by atoms with van der Waals surface area (Å²) >= 11 is 0. The fourth-order valence-corrected chi connectivity index (χ4v) is 3.28. The molecule has 0 saturated heterocycles. The van der Waals surface area contributed by atoms with Gasteiger partial charge >= 0.3 is 0 Å². The molecule has 0 aromatic carbocycles. The van der Waals surface area contributed by atoms with Gasteiger partial charge < -0.3 is 20.7 Å². The monoisotopic (exact) mass is 354 g/mol. The number of nitrogens with zero attached hydrogens (tertiary/aromatic N) is 1. The van der Waals surface area contributed by atoms with Gasteiger partial charge in [0, 0.05) is 25.2 Å². The van der Waals surface area contributed by atoms with Crippen molar-refractivity contribution in [3.05, 3.63) is 0 Å². The van der Waals surface area contributed by atoms with Gasteiger partial charge in [0.25, 0.3) is 0 Å². The molecule has 1 atom stereocenters. The molecule has 1 rings (SSSR count). The maximum absolute atomic E-state index is 11.9. The Labute approximate surface area is 153 Å². The van der Waals surface area contributed by atoms with Gasteiger partial charge in [-0.05, 0) is 59.8 Å². The molecule has 6 nitrogen and oxygen atoms in total. The van der Waals surface area contributed by atoms with Crippen LogP contribution in [0.3, 0.4) is 0 Å². The second-order valence-electron chi connectivity index (χ2n) is 7.75. The lowest BCUT2D eigenvalue weighted by molar-refractivity contribution is -0.121. The van der Waals surface area contributed by atoms with Crippen molar-refractivity contribution in [3.63, 3.8) is 0 Å². The van der Waals surface area contributed by atoms with Crippen molar-refractivity contribution in [2.75, 3.05) is 26.2 Å². The second kappa shape index (κ2) is 11.3. The summed E-state index contributed by atoms with van der Waals surface area (Å²) in [5, 5.41) is 9.45. The minimum absolute atomic E-state index is 0.0668. The Morgan fingerprint density at radius 3 is 2.44 bits per heavy atom. The third-order valence-corrected chi connectivity index (χ3v) is 4.27. The normalized spacial score (nSPS) is 17.4. The van der Waals surface area contributed by atoms with E-state index in [-0.39, 0.29) is 18.0 Å². The van der Waals surface area contributed by atoms with Gasteiger partial charge in [0.05, 0.1) is 6.10 Å². The molecule has 0 aromatic rings. The van der Waals surface area contributed by atoms with Crippen molar-refractivity contribution in [1.29, 1.82) is 0 Å². The minimum Gasteiger partial charge on any atom is -0.378 e. The Balaban J connectivity index is 2.44. The molecule has 6 heteroatoms. The highest BCUT2D eigenvalue weighted by Gasteiger charge is 2.25. The predicted molar refractivity (Wildman–Crippen MR) is 104 cm³/mol. The van der Waals surface area contributed by atoms with Gasteiger partial charge in [0.2, 0.25) is 5.91 Å². The number of aliphatic imine (C=N–C) groups is 1. The van der Waals surface area contributed by atoms with Gasteiger partial charge in [-0.15, -0.1) is 0 Å². The predicted octanol–water partition coefficient (Wildman–Crippen LogP) is 2.44. The van der Waals surface area contributed by atoms with Crippen molar-refractivity contribution in [3.8, 4) is 0 Å². The molecule has 0 radical (unpaired) electrons. The van der Waals surface area contributed by atoms with Crippen molar-refractivity contribution in [2.45, 2.75) is 78.4 Å². The molecular weight excluding hydrogens is 316 g/mol. The maximum Gasteiger partial charge on any atom is 0.242 e. The zero-order valence-electron chi connectivity index (χ0n) is 16.8. The molecule has 3 N–H and O–H groups in total. The lowest BCUT2D eigenvalue weighted by Crippen LogP contribution is -2.43. The van der Waals surface area contributed by atoms with Crippen molar-refractivity contribution < 1.29 is 9.53 Å². The van der Waals surface area contributed by atoms with E-state index in [2.05, 4.69) is 27.9 Å². The summed E-state index contributed by atoms with van der Waals surface area (Å²) in [6.45, 7) is 12.5. The second-order valence-corrected chi connectivity index (χ2v) is 7.75. The van der Waals surface area contributed by atoms with E-state index in [1.807, 2.05) is 27.7 Å². The number of rotatable bonds is 9. The molecule has 1 unspecified atom stereocenters. The van der Waals surface area contributed by atoms with Crippen molar-refractivity contribution >= 4 is 11.9 Å². The van der Waals surface area contributed by atoms with Crippen LogP contribution in [0.1, 0.15) is 66.7 Å². The van der Waals surface area contributed by atoms with E-state index in [0.717, 1.165) is 26.1 Å².